The molecule has 40 heavy (non-hydrogen) atoms. The third kappa shape index (κ3) is 5.73. The lowest BCUT2D eigenvalue weighted by Gasteiger charge is -2.27. The van der Waals surface area contributed by atoms with Crippen molar-refractivity contribution in [3.63, 3.8) is 0 Å². The molecule has 1 amide bonds. The molecule has 2 aliphatic rings. The Bertz CT molecular complexity index is 1540. The standard InChI is InChI=1S/C32H32N2O6/c35-28-19-31(34-13-16-37-17-14-34)40-32-25(9-4-10-26(28)32)23-11-12-29(27(18-23)22-6-2-1-3-7-22)39-21-30(36)33-20-24-8-5-15-38-24/h1-4,6-7,9-12,18-19,24H,5,8,13-17,20-21H2,(H,33,36). The first-order chi connectivity index (χ1) is 19.7. The minimum absolute atomic E-state index is 0.0765. The molecule has 3 heterocycles. The molecule has 0 radical (unpaired) electrons. The highest BCUT2D eigenvalue weighted by molar-refractivity contribution is 5.94. The predicted octanol–water partition coefficient (Wildman–Crippen LogP) is 4.64. The Morgan fingerprint density at radius 3 is 2.58 bits per heavy atom. The van der Waals surface area contributed by atoms with Crippen molar-refractivity contribution in [2.24, 2.45) is 0 Å². The van der Waals surface area contributed by atoms with E-state index in [-0.39, 0.29) is 24.0 Å². The molecule has 0 aliphatic carbocycles. The molecule has 0 bridgehead atoms. The van der Waals surface area contributed by atoms with Gasteiger partial charge in [0, 0.05) is 43.4 Å². The minimum Gasteiger partial charge on any atom is -0.483 e. The van der Waals surface area contributed by atoms with Crippen molar-refractivity contribution in [1.82, 2.24) is 5.32 Å². The summed E-state index contributed by atoms with van der Waals surface area (Å²) in [6.45, 7) is 3.67. The molecular formula is C32H32N2O6. The number of carbonyl (C=O) groups excluding carboxylic acids is 1. The quantitative estimate of drug-likeness (QED) is 0.348. The van der Waals surface area contributed by atoms with Gasteiger partial charge in [-0.15, -0.1) is 0 Å². The zero-order valence-corrected chi connectivity index (χ0v) is 22.3. The van der Waals surface area contributed by atoms with E-state index in [1.54, 1.807) is 12.1 Å². The van der Waals surface area contributed by atoms with Crippen molar-refractivity contribution in [1.29, 1.82) is 0 Å². The molecule has 4 aromatic rings. The van der Waals surface area contributed by atoms with Gasteiger partial charge < -0.3 is 28.8 Å². The van der Waals surface area contributed by atoms with E-state index >= 15 is 0 Å². The van der Waals surface area contributed by atoms with Crippen molar-refractivity contribution in [2.75, 3.05) is 51.0 Å². The van der Waals surface area contributed by atoms with Gasteiger partial charge in [0.2, 0.25) is 0 Å². The number of ether oxygens (including phenoxy) is 3. The second kappa shape index (κ2) is 11.9. The van der Waals surface area contributed by atoms with Crippen LogP contribution in [0.5, 0.6) is 5.75 Å². The van der Waals surface area contributed by atoms with Crippen LogP contribution in [-0.2, 0) is 14.3 Å². The lowest BCUT2D eigenvalue weighted by molar-refractivity contribution is -0.123. The SMILES string of the molecule is O=C(COc1ccc(-c2cccc3c(=O)cc(N4CCOCC4)oc23)cc1-c1ccccc1)NCC1CCCO1. The first-order valence-corrected chi connectivity index (χ1v) is 13.8. The maximum absolute atomic E-state index is 13.1. The number of anilines is 1. The third-order valence-electron chi connectivity index (χ3n) is 7.35. The van der Waals surface area contributed by atoms with Gasteiger partial charge in [0.05, 0.1) is 24.7 Å². The smallest absolute Gasteiger partial charge is 0.258 e. The second-order valence-corrected chi connectivity index (χ2v) is 10.0. The number of fused-ring (bicyclic) bond motifs is 1. The summed E-state index contributed by atoms with van der Waals surface area (Å²) in [5.74, 6) is 0.952. The van der Waals surface area contributed by atoms with Crippen molar-refractivity contribution in [3.8, 4) is 28.0 Å². The van der Waals surface area contributed by atoms with Crippen LogP contribution in [0.1, 0.15) is 12.8 Å². The summed E-state index contributed by atoms with van der Waals surface area (Å²) in [5.41, 5.74) is 3.94. The minimum atomic E-state index is -0.190. The fraction of sp³-hybridized carbons (Fsp3) is 0.312. The molecule has 1 N–H and O–H groups in total. The van der Waals surface area contributed by atoms with Crippen LogP contribution in [0.3, 0.4) is 0 Å². The molecule has 0 saturated carbocycles. The van der Waals surface area contributed by atoms with Gasteiger partial charge in [0.1, 0.15) is 11.3 Å². The van der Waals surface area contributed by atoms with Gasteiger partial charge in [-0.1, -0.05) is 48.5 Å². The van der Waals surface area contributed by atoms with Crippen LogP contribution < -0.4 is 20.4 Å². The molecule has 1 aromatic heterocycles. The summed E-state index contributed by atoms with van der Waals surface area (Å²) < 4.78 is 23.4. The molecule has 8 nitrogen and oxygen atoms in total. The number of morpholine rings is 1. The summed E-state index contributed by atoms with van der Waals surface area (Å²) in [4.78, 5) is 27.6. The molecule has 1 unspecified atom stereocenters. The van der Waals surface area contributed by atoms with Gasteiger partial charge in [0.25, 0.3) is 5.91 Å². The Hall–Kier alpha value is -4.14. The first-order valence-electron chi connectivity index (χ1n) is 13.8. The molecule has 2 saturated heterocycles. The number of hydrogen-bond acceptors (Lipinski definition) is 7. The molecule has 8 heteroatoms. The maximum atomic E-state index is 13.1. The monoisotopic (exact) mass is 540 g/mol. The van der Waals surface area contributed by atoms with Crippen molar-refractivity contribution < 1.29 is 23.4 Å². The average molecular weight is 541 g/mol. The van der Waals surface area contributed by atoms with Crippen LogP contribution in [0, 0.1) is 0 Å². The van der Waals surface area contributed by atoms with Gasteiger partial charge in [-0.05, 0) is 42.2 Å². The number of nitrogens with one attached hydrogen (secondary N) is 1. The fourth-order valence-corrected chi connectivity index (χ4v) is 5.23. The Labute approximate surface area is 232 Å². The molecule has 0 spiro atoms. The van der Waals surface area contributed by atoms with Gasteiger partial charge >= 0.3 is 0 Å². The molecular weight excluding hydrogens is 508 g/mol. The topological polar surface area (TPSA) is 90.2 Å². The van der Waals surface area contributed by atoms with E-state index in [1.165, 1.54) is 0 Å². The van der Waals surface area contributed by atoms with Crippen LogP contribution in [0.15, 0.2) is 82.0 Å². The van der Waals surface area contributed by atoms with Gasteiger partial charge in [-0.2, -0.15) is 0 Å². The molecule has 6 rings (SSSR count). The largest absolute Gasteiger partial charge is 0.483 e. The highest BCUT2D eigenvalue weighted by Gasteiger charge is 2.19. The summed E-state index contributed by atoms with van der Waals surface area (Å²) >= 11 is 0. The normalized spacial score (nSPS) is 17.2. The predicted molar refractivity (Wildman–Crippen MR) is 154 cm³/mol. The van der Waals surface area contributed by atoms with Crippen molar-refractivity contribution in [3.05, 3.63) is 83.0 Å². The zero-order valence-electron chi connectivity index (χ0n) is 22.3. The second-order valence-electron chi connectivity index (χ2n) is 10.0. The number of rotatable bonds is 8. The number of para-hydroxylation sites is 1. The van der Waals surface area contributed by atoms with Gasteiger partial charge in [-0.3, -0.25) is 9.59 Å². The van der Waals surface area contributed by atoms with Crippen molar-refractivity contribution in [2.45, 2.75) is 18.9 Å². The number of carbonyl (C=O) groups is 1. The van der Waals surface area contributed by atoms with E-state index in [2.05, 4.69) is 5.32 Å². The molecule has 2 fully saturated rings. The lowest BCUT2D eigenvalue weighted by atomic mass is 9.97. The maximum Gasteiger partial charge on any atom is 0.258 e. The van der Waals surface area contributed by atoms with Crippen LogP contribution in [0.25, 0.3) is 33.2 Å². The van der Waals surface area contributed by atoms with E-state index in [9.17, 15) is 9.59 Å². The molecule has 2 aliphatic heterocycles. The van der Waals surface area contributed by atoms with E-state index in [0.717, 1.165) is 41.7 Å². The molecule has 3 aromatic carbocycles. The lowest BCUT2D eigenvalue weighted by Crippen LogP contribution is -2.36. The highest BCUT2D eigenvalue weighted by Crippen LogP contribution is 2.37. The van der Waals surface area contributed by atoms with Gasteiger partial charge in [-0.25, -0.2) is 0 Å². The Kier molecular flexibility index (Phi) is 7.79. The number of hydrogen-bond donors (Lipinski definition) is 1. The van der Waals surface area contributed by atoms with E-state index in [0.29, 0.717) is 55.5 Å². The van der Waals surface area contributed by atoms with Gasteiger partial charge in [0.15, 0.2) is 17.9 Å². The molecule has 206 valence electrons. The summed E-state index contributed by atoms with van der Waals surface area (Å²) in [7, 11) is 0. The number of amides is 1. The summed E-state index contributed by atoms with van der Waals surface area (Å²) in [6, 6.07) is 22.9. The third-order valence-corrected chi connectivity index (χ3v) is 7.35. The number of nitrogens with zero attached hydrogens (tertiary/aromatic N) is 1. The van der Waals surface area contributed by atoms with Crippen LogP contribution >= 0.6 is 0 Å². The highest BCUT2D eigenvalue weighted by atomic mass is 16.5. The number of benzene rings is 3. The van der Waals surface area contributed by atoms with Crippen molar-refractivity contribution >= 4 is 22.8 Å². The Morgan fingerprint density at radius 1 is 0.925 bits per heavy atom. The van der Waals surface area contributed by atoms with E-state index < -0.39 is 0 Å². The Morgan fingerprint density at radius 2 is 1.77 bits per heavy atom. The first kappa shape index (κ1) is 26.1. The average Bonchev–Trinajstić information content (AvgIpc) is 3.53. The van der Waals surface area contributed by atoms with Crippen LogP contribution in [-0.4, -0.2) is 58.1 Å². The summed E-state index contributed by atoms with van der Waals surface area (Å²) in [5, 5.41) is 3.43. The van der Waals surface area contributed by atoms with E-state index in [1.807, 2.05) is 65.6 Å². The van der Waals surface area contributed by atoms with E-state index in [4.69, 9.17) is 18.6 Å². The molecule has 1 atom stereocenters. The van der Waals surface area contributed by atoms with Crippen LogP contribution in [0.4, 0.5) is 5.88 Å². The van der Waals surface area contributed by atoms with Crippen LogP contribution in [0.2, 0.25) is 0 Å². The summed E-state index contributed by atoms with van der Waals surface area (Å²) in [6.07, 6.45) is 2.06. The Balaban J connectivity index is 1.32. The zero-order chi connectivity index (χ0) is 27.3. The fourth-order valence-electron chi connectivity index (χ4n) is 5.23.